The summed E-state index contributed by atoms with van der Waals surface area (Å²) in [6.45, 7) is 1.56. The molecule has 10 nitrogen and oxygen atoms in total. The summed E-state index contributed by atoms with van der Waals surface area (Å²) in [5, 5.41) is 29.6. The molecule has 2 aromatic rings. The summed E-state index contributed by atoms with van der Waals surface area (Å²) in [6, 6.07) is 8.01. The van der Waals surface area contributed by atoms with Gasteiger partial charge >= 0.3 is 5.97 Å². The van der Waals surface area contributed by atoms with Crippen LogP contribution in [0, 0.1) is 17.8 Å². The minimum absolute atomic E-state index is 0.0454. The Labute approximate surface area is 233 Å². The normalized spacial score (nSPS) is 25.4. The fraction of sp³-hybridized carbons (Fsp3) is 0.258. The molecule has 1 saturated heterocycles. The molecule has 0 bridgehead atoms. The number of carboxylic acid groups (broad SMARTS) is 1. The number of rotatable bonds is 4. The number of nitrogens with zero attached hydrogens (tertiary/aromatic N) is 1. The quantitative estimate of drug-likeness (QED) is 0.292. The van der Waals surface area contributed by atoms with Crippen molar-refractivity contribution in [2.45, 2.75) is 25.7 Å². The minimum atomic E-state index is -1.35. The lowest BCUT2D eigenvalue weighted by Gasteiger charge is -2.42. The molecule has 2 amide bonds. The van der Waals surface area contributed by atoms with Crippen LogP contribution in [0.15, 0.2) is 70.8 Å². The van der Waals surface area contributed by atoms with Crippen LogP contribution in [-0.4, -0.2) is 51.8 Å². The topological polar surface area (TPSA) is 159 Å². The van der Waals surface area contributed by atoms with Crippen molar-refractivity contribution in [2.24, 2.45) is 17.8 Å². The lowest BCUT2D eigenvalue weighted by Crippen LogP contribution is -2.39. The Morgan fingerprint density at radius 2 is 1.76 bits per heavy atom. The molecule has 1 heterocycles. The molecule has 4 aliphatic rings. The number of fused-ring (bicyclic) bond motifs is 3. The van der Waals surface area contributed by atoms with Crippen molar-refractivity contribution in [3.05, 3.63) is 82.0 Å². The highest BCUT2D eigenvalue weighted by Crippen LogP contribution is 2.56. The van der Waals surface area contributed by atoms with E-state index < -0.39 is 47.2 Å². The van der Waals surface area contributed by atoms with Crippen LogP contribution in [0.1, 0.15) is 41.6 Å². The first-order valence-electron chi connectivity index (χ1n) is 13.0. The van der Waals surface area contributed by atoms with Crippen LogP contribution in [0.3, 0.4) is 0 Å². The van der Waals surface area contributed by atoms with Gasteiger partial charge in [-0.15, -0.1) is 0 Å². The summed E-state index contributed by atoms with van der Waals surface area (Å²) in [5.74, 6) is -6.22. The third-order valence-electron chi connectivity index (χ3n) is 8.56. The van der Waals surface area contributed by atoms with Crippen molar-refractivity contribution in [3.63, 3.8) is 0 Å². The second kappa shape index (κ2) is 9.29. The molecule has 0 radical (unpaired) electrons. The number of imide groups is 1. The monoisotopic (exact) mass is 555 g/mol. The molecular formula is C31H25NO9. The second-order valence-corrected chi connectivity index (χ2v) is 10.7. The third-order valence-corrected chi connectivity index (χ3v) is 8.56. The van der Waals surface area contributed by atoms with Gasteiger partial charge in [0.2, 0.25) is 11.8 Å². The van der Waals surface area contributed by atoms with Crippen molar-refractivity contribution in [2.75, 3.05) is 12.0 Å². The molecule has 3 aliphatic carbocycles. The zero-order valence-electron chi connectivity index (χ0n) is 22.1. The van der Waals surface area contributed by atoms with Crippen LogP contribution in [0.4, 0.5) is 5.69 Å². The lowest BCUT2D eigenvalue weighted by molar-refractivity contribution is -0.123. The summed E-state index contributed by atoms with van der Waals surface area (Å²) in [7, 11) is 1.43. The zero-order valence-corrected chi connectivity index (χ0v) is 22.1. The predicted molar refractivity (Wildman–Crippen MR) is 144 cm³/mol. The van der Waals surface area contributed by atoms with Crippen LogP contribution >= 0.6 is 0 Å². The minimum Gasteiger partial charge on any atom is -0.508 e. The third kappa shape index (κ3) is 3.81. The summed E-state index contributed by atoms with van der Waals surface area (Å²) < 4.78 is 5.54. The first kappa shape index (κ1) is 26.2. The molecule has 6 rings (SSSR count). The van der Waals surface area contributed by atoms with Gasteiger partial charge in [0.1, 0.15) is 22.8 Å². The molecule has 208 valence electrons. The maximum Gasteiger partial charge on any atom is 0.339 e. The van der Waals surface area contributed by atoms with Crippen LogP contribution < -0.4 is 9.64 Å². The van der Waals surface area contributed by atoms with E-state index in [-0.39, 0.29) is 47.0 Å². The highest BCUT2D eigenvalue weighted by molar-refractivity contribution is 6.25. The van der Waals surface area contributed by atoms with Crippen LogP contribution in [0.5, 0.6) is 17.2 Å². The Hall–Kier alpha value is -4.99. The Morgan fingerprint density at radius 3 is 2.44 bits per heavy atom. The number of anilines is 1. The maximum atomic E-state index is 14.0. The van der Waals surface area contributed by atoms with Gasteiger partial charge < -0.3 is 20.1 Å². The maximum absolute atomic E-state index is 14.0. The first-order chi connectivity index (χ1) is 19.5. The highest BCUT2D eigenvalue weighted by atomic mass is 16.5. The van der Waals surface area contributed by atoms with Crippen molar-refractivity contribution in [1.29, 1.82) is 0 Å². The molecule has 0 spiro atoms. The number of phenolic OH excluding ortho intramolecular Hbond substituents is 1. The lowest BCUT2D eigenvalue weighted by atomic mass is 9.59. The van der Waals surface area contributed by atoms with Crippen molar-refractivity contribution in [1.82, 2.24) is 0 Å². The molecule has 0 aromatic heterocycles. The zero-order chi connectivity index (χ0) is 29.3. The van der Waals surface area contributed by atoms with Crippen molar-refractivity contribution in [3.8, 4) is 17.2 Å². The number of benzene rings is 2. The Morgan fingerprint density at radius 1 is 1.00 bits per heavy atom. The average Bonchev–Trinajstić information content (AvgIpc) is 3.19. The van der Waals surface area contributed by atoms with Gasteiger partial charge in [0.15, 0.2) is 11.6 Å². The fourth-order valence-corrected chi connectivity index (χ4v) is 6.77. The molecular weight excluding hydrogens is 530 g/mol. The van der Waals surface area contributed by atoms with E-state index >= 15 is 0 Å². The van der Waals surface area contributed by atoms with Crippen molar-refractivity contribution < 1.29 is 44.0 Å². The number of carbonyl (C=O) groups excluding carboxylic acids is 4. The van der Waals surface area contributed by atoms with E-state index in [9.17, 15) is 39.3 Å². The number of carbonyl (C=O) groups is 5. The van der Waals surface area contributed by atoms with Gasteiger partial charge in [-0.05, 0) is 50.0 Å². The van der Waals surface area contributed by atoms with E-state index in [1.54, 1.807) is 13.0 Å². The second-order valence-electron chi connectivity index (χ2n) is 10.7. The Kier molecular flexibility index (Phi) is 5.95. The van der Waals surface area contributed by atoms with E-state index in [1.165, 1.54) is 31.4 Å². The van der Waals surface area contributed by atoms with Gasteiger partial charge in [-0.1, -0.05) is 17.7 Å². The van der Waals surface area contributed by atoms with Gasteiger partial charge in [-0.2, -0.15) is 0 Å². The molecule has 10 heteroatoms. The summed E-state index contributed by atoms with van der Waals surface area (Å²) in [4.78, 5) is 66.7. The molecule has 1 fully saturated rings. The number of ketones is 2. The summed E-state index contributed by atoms with van der Waals surface area (Å²) in [5.41, 5.74) is 1.83. The van der Waals surface area contributed by atoms with E-state index in [4.69, 9.17) is 4.74 Å². The van der Waals surface area contributed by atoms with Gasteiger partial charge in [-0.3, -0.25) is 19.2 Å². The molecule has 41 heavy (non-hydrogen) atoms. The number of methoxy groups -OCH3 is 1. The van der Waals surface area contributed by atoms with Gasteiger partial charge in [0, 0.05) is 40.3 Å². The van der Waals surface area contributed by atoms with Crippen molar-refractivity contribution >= 4 is 35.0 Å². The molecule has 4 unspecified atom stereocenters. The van der Waals surface area contributed by atoms with E-state index in [0.717, 1.165) is 22.6 Å². The van der Waals surface area contributed by atoms with E-state index in [2.05, 4.69) is 0 Å². The summed E-state index contributed by atoms with van der Waals surface area (Å²) >= 11 is 0. The molecule has 2 aromatic carbocycles. The number of allylic oxidation sites excluding steroid dienone is 6. The largest absolute Gasteiger partial charge is 0.508 e. The SMILES string of the molecule is COc1cc(O)ccc1C1C2=CCC3C(=O)N(c4ccc(C(=O)O)c(O)c4)C(=O)C3C2CC2=C1C(=O)C=C(C)C2=O. The number of carboxylic acids is 1. The number of hydrogen-bond donors (Lipinski definition) is 3. The van der Waals surface area contributed by atoms with Crippen LogP contribution in [-0.2, 0) is 19.2 Å². The van der Waals surface area contributed by atoms with Gasteiger partial charge in [0.05, 0.1) is 24.6 Å². The Balaban J connectivity index is 1.48. The number of aromatic hydroxyl groups is 2. The number of phenols is 2. The summed E-state index contributed by atoms with van der Waals surface area (Å²) in [6.07, 6.45) is 3.46. The molecule has 0 saturated carbocycles. The standard InChI is InChI=1S/C31H25NO9/c1-13-9-23(35)27-21(28(13)36)12-20-16(25(27)18-6-4-15(33)11-24(18)41-2)7-8-19-26(20)30(38)32(29(19)37)14-3-5-17(31(39)40)22(34)10-14/h3-7,9-11,19-20,25-26,33-34H,8,12H2,1-2H3,(H,39,40). The molecule has 1 aliphatic heterocycles. The smallest absolute Gasteiger partial charge is 0.339 e. The number of ether oxygens (including phenoxy) is 1. The van der Waals surface area contributed by atoms with Crippen LogP contribution in [0.25, 0.3) is 0 Å². The number of aromatic carboxylic acids is 1. The molecule has 4 atom stereocenters. The number of Topliss-reactive ketones (excluding diaryl/α,β-unsaturated/α-hetero) is 1. The average molecular weight is 556 g/mol. The van der Waals surface area contributed by atoms with Gasteiger partial charge in [0.25, 0.3) is 0 Å². The van der Waals surface area contributed by atoms with E-state index in [1.807, 2.05) is 6.08 Å². The predicted octanol–water partition coefficient (Wildman–Crippen LogP) is 3.44. The molecule has 3 N–H and O–H groups in total. The Bertz CT molecular complexity index is 1690. The highest BCUT2D eigenvalue weighted by Gasteiger charge is 2.57. The number of hydrogen-bond acceptors (Lipinski definition) is 8. The van der Waals surface area contributed by atoms with Gasteiger partial charge in [-0.25, -0.2) is 9.69 Å². The number of amides is 2. The first-order valence-corrected chi connectivity index (χ1v) is 13.0. The van der Waals surface area contributed by atoms with Crippen LogP contribution in [0.2, 0.25) is 0 Å². The fourth-order valence-electron chi connectivity index (χ4n) is 6.77. The van der Waals surface area contributed by atoms with E-state index in [0.29, 0.717) is 22.5 Å².